The summed E-state index contributed by atoms with van der Waals surface area (Å²) in [5, 5.41) is 0. The second kappa shape index (κ2) is 7.59. The van der Waals surface area contributed by atoms with Crippen LogP contribution < -0.4 is 4.57 Å². The average molecular weight is 290 g/mol. The molecule has 2 heterocycles. The van der Waals surface area contributed by atoms with Gasteiger partial charge in [0.1, 0.15) is 0 Å². The number of rotatable bonds is 6. The Morgan fingerprint density at radius 3 is 2.65 bits per heavy atom. The monoisotopic (exact) mass is 290 g/mol. The molecule has 2 aromatic rings. The maximum absolute atomic E-state index is 11.0. The first-order valence-electron chi connectivity index (χ1n) is 6.20. The summed E-state index contributed by atoms with van der Waals surface area (Å²) in [6.45, 7) is 0. The summed E-state index contributed by atoms with van der Waals surface area (Å²) in [6, 6.07) is 5.76. The fourth-order valence-corrected chi connectivity index (χ4v) is 2.39. The zero-order chi connectivity index (χ0) is 14.2. The quantitative estimate of drug-likeness (QED) is 0.460. The average Bonchev–Trinajstić information content (AvgIpc) is 2.52. The van der Waals surface area contributed by atoms with Gasteiger partial charge in [-0.05, 0) is 6.07 Å². The molecule has 0 atom stereocenters. The highest BCUT2D eigenvalue weighted by atomic mass is 32.2. The highest BCUT2D eigenvalue weighted by Crippen LogP contribution is 2.11. The maximum Gasteiger partial charge on any atom is 0.306 e. The Morgan fingerprint density at radius 2 is 2.00 bits per heavy atom. The molecule has 0 N–H and O–H groups in total. The lowest BCUT2D eigenvalue weighted by Gasteiger charge is -2.00. The van der Waals surface area contributed by atoms with Gasteiger partial charge in [0.15, 0.2) is 24.1 Å². The van der Waals surface area contributed by atoms with Gasteiger partial charge >= 0.3 is 5.97 Å². The van der Waals surface area contributed by atoms with Gasteiger partial charge in [-0.25, -0.2) is 9.97 Å². The zero-order valence-corrected chi connectivity index (χ0v) is 12.0. The lowest BCUT2D eigenvalue weighted by Crippen LogP contribution is -2.31. The number of esters is 1. The SMILES string of the molecule is COC(=O)CCSC[n+]1ccc(-c2ncccn2)cc1. The Kier molecular flexibility index (Phi) is 5.49. The van der Waals surface area contributed by atoms with Gasteiger partial charge in [-0.15, -0.1) is 0 Å². The van der Waals surface area contributed by atoms with Crippen LogP contribution in [0.5, 0.6) is 0 Å². The molecule has 104 valence electrons. The Balaban J connectivity index is 1.85. The highest BCUT2D eigenvalue weighted by Gasteiger charge is 2.05. The Bertz CT molecular complexity index is 546. The number of pyridine rings is 1. The Hall–Kier alpha value is -1.95. The van der Waals surface area contributed by atoms with Gasteiger partial charge in [0.25, 0.3) is 0 Å². The van der Waals surface area contributed by atoms with Crippen molar-refractivity contribution >= 4 is 17.7 Å². The smallest absolute Gasteiger partial charge is 0.306 e. The Labute approximate surface area is 122 Å². The maximum atomic E-state index is 11.0. The summed E-state index contributed by atoms with van der Waals surface area (Å²) >= 11 is 1.68. The molecule has 6 heteroatoms. The van der Waals surface area contributed by atoms with E-state index in [-0.39, 0.29) is 5.97 Å². The van der Waals surface area contributed by atoms with E-state index in [4.69, 9.17) is 0 Å². The topological polar surface area (TPSA) is 56.0 Å². The lowest BCUT2D eigenvalue weighted by atomic mass is 10.2. The van der Waals surface area contributed by atoms with Crippen molar-refractivity contribution in [2.24, 2.45) is 0 Å². The zero-order valence-electron chi connectivity index (χ0n) is 11.2. The third-order valence-electron chi connectivity index (χ3n) is 2.63. The van der Waals surface area contributed by atoms with Crippen LogP contribution in [-0.2, 0) is 15.4 Å². The molecule has 0 fully saturated rings. The molecule has 2 rings (SSSR count). The van der Waals surface area contributed by atoms with Gasteiger partial charge in [-0.3, -0.25) is 4.79 Å². The molecule has 20 heavy (non-hydrogen) atoms. The van der Waals surface area contributed by atoms with Crippen molar-refractivity contribution < 1.29 is 14.1 Å². The van der Waals surface area contributed by atoms with E-state index in [9.17, 15) is 4.79 Å². The molecule has 0 amide bonds. The first kappa shape index (κ1) is 14.5. The summed E-state index contributed by atoms with van der Waals surface area (Å²) in [5.41, 5.74) is 0.987. The van der Waals surface area contributed by atoms with Crippen molar-refractivity contribution in [2.45, 2.75) is 12.3 Å². The fourth-order valence-electron chi connectivity index (χ4n) is 1.57. The van der Waals surface area contributed by atoms with Crippen LogP contribution in [0.15, 0.2) is 43.0 Å². The molecule has 0 saturated heterocycles. The Morgan fingerprint density at radius 1 is 1.30 bits per heavy atom. The first-order chi connectivity index (χ1) is 9.79. The second-order valence-corrected chi connectivity index (χ2v) is 5.11. The summed E-state index contributed by atoms with van der Waals surface area (Å²) in [5.74, 6) is 2.10. The molecular weight excluding hydrogens is 274 g/mol. The number of hydrogen-bond donors (Lipinski definition) is 0. The molecule has 0 saturated carbocycles. The molecule has 0 unspecified atom stereocenters. The van der Waals surface area contributed by atoms with Crippen LogP contribution in [0.3, 0.4) is 0 Å². The van der Waals surface area contributed by atoms with Crippen LogP contribution in [0.2, 0.25) is 0 Å². The van der Waals surface area contributed by atoms with Crippen LogP contribution in [0.4, 0.5) is 0 Å². The van der Waals surface area contributed by atoms with E-state index in [0.29, 0.717) is 6.42 Å². The first-order valence-corrected chi connectivity index (χ1v) is 7.36. The molecule has 5 nitrogen and oxygen atoms in total. The van der Waals surface area contributed by atoms with Crippen molar-refractivity contribution in [3.05, 3.63) is 43.0 Å². The van der Waals surface area contributed by atoms with E-state index in [1.807, 2.05) is 29.1 Å². The molecule has 0 aliphatic carbocycles. The van der Waals surface area contributed by atoms with E-state index in [0.717, 1.165) is 23.0 Å². The molecule has 0 aromatic carbocycles. The van der Waals surface area contributed by atoms with E-state index in [1.165, 1.54) is 7.11 Å². The second-order valence-electron chi connectivity index (χ2n) is 4.04. The minimum atomic E-state index is -0.168. The number of carbonyl (C=O) groups excluding carboxylic acids is 1. The molecule has 0 aliphatic rings. The standard InChI is InChI=1S/C14H16N3O2S/c1-19-13(18)5-10-20-11-17-8-3-12(4-9-17)14-15-6-2-7-16-14/h2-4,6-9H,5,10-11H2,1H3/q+1. The van der Waals surface area contributed by atoms with E-state index >= 15 is 0 Å². The van der Waals surface area contributed by atoms with Crippen molar-refractivity contribution in [3.8, 4) is 11.4 Å². The van der Waals surface area contributed by atoms with Crippen LogP contribution in [0, 0.1) is 0 Å². The molecule has 0 radical (unpaired) electrons. The molecule has 0 aliphatic heterocycles. The predicted molar refractivity (Wildman–Crippen MR) is 76.8 cm³/mol. The van der Waals surface area contributed by atoms with Gasteiger partial charge in [0.2, 0.25) is 0 Å². The summed E-state index contributed by atoms with van der Waals surface area (Å²) in [4.78, 5) is 19.4. The van der Waals surface area contributed by atoms with Gasteiger partial charge in [0.05, 0.1) is 13.5 Å². The van der Waals surface area contributed by atoms with Gasteiger partial charge in [-0.2, -0.15) is 4.57 Å². The lowest BCUT2D eigenvalue weighted by molar-refractivity contribution is -0.675. The highest BCUT2D eigenvalue weighted by molar-refractivity contribution is 7.98. The molecule has 0 spiro atoms. The van der Waals surface area contributed by atoms with Crippen molar-refractivity contribution in [3.63, 3.8) is 0 Å². The summed E-state index contributed by atoms with van der Waals surface area (Å²) in [7, 11) is 1.41. The van der Waals surface area contributed by atoms with Crippen molar-refractivity contribution in [1.82, 2.24) is 9.97 Å². The normalized spacial score (nSPS) is 10.2. The predicted octanol–water partition coefficient (Wildman–Crippen LogP) is 1.68. The van der Waals surface area contributed by atoms with Gasteiger partial charge < -0.3 is 4.74 Å². The minimum absolute atomic E-state index is 0.168. The van der Waals surface area contributed by atoms with E-state index in [1.54, 1.807) is 30.2 Å². The molecule has 2 aromatic heterocycles. The van der Waals surface area contributed by atoms with Gasteiger partial charge in [-0.1, -0.05) is 11.8 Å². The number of hydrogen-bond acceptors (Lipinski definition) is 5. The number of aromatic nitrogens is 3. The number of ether oxygens (including phenoxy) is 1. The van der Waals surface area contributed by atoms with Crippen molar-refractivity contribution in [1.29, 1.82) is 0 Å². The third kappa shape index (κ3) is 4.31. The van der Waals surface area contributed by atoms with Gasteiger partial charge in [0, 0.05) is 35.8 Å². The third-order valence-corrected chi connectivity index (χ3v) is 3.61. The molecular formula is C14H16N3O2S+. The number of thioether (sulfide) groups is 1. The van der Waals surface area contributed by atoms with Crippen molar-refractivity contribution in [2.75, 3.05) is 12.9 Å². The molecule has 0 bridgehead atoms. The largest absolute Gasteiger partial charge is 0.469 e. The van der Waals surface area contributed by atoms with E-state index in [2.05, 4.69) is 14.7 Å². The number of methoxy groups -OCH3 is 1. The summed E-state index contributed by atoms with van der Waals surface area (Å²) in [6.07, 6.45) is 7.86. The fraction of sp³-hybridized carbons (Fsp3) is 0.286. The minimum Gasteiger partial charge on any atom is -0.469 e. The van der Waals surface area contributed by atoms with Crippen LogP contribution in [0.1, 0.15) is 6.42 Å². The number of nitrogens with zero attached hydrogens (tertiary/aromatic N) is 3. The summed E-state index contributed by atoms with van der Waals surface area (Å²) < 4.78 is 6.64. The van der Waals surface area contributed by atoms with Crippen LogP contribution >= 0.6 is 11.8 Å². The van der Waals surface area contributed by atoms with Crippen LogP contribution in [-0.4, -0.2) is 28.8 Å². The number of carbonyl (C=O) groups is 1. The van der Waals surface area contributed by atoms with E-state index < -0.39 is 0 Å². The van der Waals surface area contributed by atoms with Crippen LogP contribution in [0.25, 0.3) is 11.4 Å².